The van der Waals surface area contributed by atoms with Crippen LogP contribution in [0.5, 0.6) is 0 Å². The largest absolute Gasteiger partial charge is 0.399 e. The van der Waals surface area contributed by atoms with Gasteiger partial charge < -0.3 is 11.1 Å². The Hall–Kier alpha value is -1.95. The van der Waals surface area contributed by atoms with E-state index in [0.717, 1.165) is 17.7 Å². The van der Waals surface area contributed by atoms with Crippen molar-refractivity contribution in [2.75, 3.05) is 11.1 Å². The first-order valence-electron chi connectivity index (χ1n) is 5.70. The molecular weight excluding hydrogens is 330 g/mol. The van der Waals surface area contributed by atoms with Gasteiger partial charge in [0.25, 0.3) is 5.91 Å². The summed E-state index contributed by atoms with van der Waals surface area (Å²) >= 11 is 2.87. The molecule has 104 valence electrons. The van der Waals surface area contributed by atoms with E-state index < -0.39 is 17.5 Å². The molecule has 0 bridgehead atoms. The Labute approximate surface area is 122 Å². The van der Waals surface area contributed by atoms with Crippen molar-refractivity contribution in [3.05, 3.63) is 57.6 Å². The number of benzene rings is 2. The summed E-state index contributed by atoms with van der Waals surface area (Å²) in [7, 11) is 0. The van der Waals surface area contributed by atoms with Crippen molar-refractivity contribution in [2.24, 2.45) is 0 Å². The zero-order valence-electron chi connectivity index (χ0n) is 10.5. The van der Waals surface area contributed by atoms with E-state index in [0.29, 0.717) is 11.3 Å². The number of aryl methyl sites for hydroxylation is 1. The maximum Gasteiger partial charge on any atom is 0.255 e. The minimum absolute atomic E-state index is 0.00340. The molecule has 0 atom stereocenters. The number of nitrogens with one attached hydrogen (secondary N) is 1. The molecular formula is C14H11BrF2N2O. The molecule has 20 heavy (non-hydrogen) atoms. The van der Waals surface area contributed by atoms with Crippen LogP contribution in [0.15, 0.2) is 34.8 Å². The smallest absolute Gasteiger partial charge is 0.255 e. The second-order valence-electron chi connectivity index (χ2n) is 4.27. The third-order valence-electron chi connectivity index (χ3n) is 2.79. The van der Waals surface area contributed by atoms with Crippen molar-refractivity contribution >= 4 is 33.2 Å². The van der Waals surface area contributed by atoms with Gasteiger partial charge in [-0.05, 0) is 52.7 Å². The number of nitrogen functional groups attached to an aromatic ring is 1. The van der Waals surface area contributed by atoms with E-state index in [1.807, 2.05) is 0 Å². The summed E-state index contributed by atoms with van der Waals surface area (Å²) in [5.74, 6) is -1.91. The number of halogens is 3. The number of carbonyl (C=O) groups excluding carboxylic acids is 1. The van der Waals surface area contributed by atoms with E-state index in [1.165, 1.54) is 6.07 Å². The van der Waals surface area contributed by atoms with Crippen molar-refractivity contribution in [2.45, 2.75) is 6.92 Å². The first-order chi connectivity index (χ1) is 9.38. The summed E-state index contributed by atoms with van der Waals surface area (Å²) < 4.78 is 27.0. The van der Waals surface area contributed by atoms with Gasteiger partial charge in [-0.25, -0.2) is 8.78 Å². The van der Waals surface area contributed by atoms with Gasteiger partial charge in [-0.15, -0.1) is 0 Å². The molecule has 0 aliphatic carbocycles. The minimum Gasteiger partial charge on any atom is -0.399 e. The number of hydrogen-bond donors (Lipinski definition) is 2. The van der Waals surface area contributed by atoms with Crippen LogP contribution in [0.4, 0.5) is 20.2 Å². The summed E-state index contributed by atoms with van der Waals surface area (Å²) in [6, 6.07) is 6.56. The molecule has 3 nitrogen and oxygen atoms in total. The van der Waals surface area contributed by atoms with Gasteiger partial charge in [-0.3, -0.25) is 4.79 Å². The third-order valence-corrected chi connectivity index (χ3v) is 3.40. The average molecular weight is 341 g/mol. The van der Waals surface area contributed by atoms with Crippen LogP contribution in [0.2, 0.25) is 0 Å². The Morgan fingerprint density at radius 2 is 1.90 bits per heavy atom. The molecule has 0 saturated carbocycles. The Balaban J connectivity index is 2.27. The molecule has 2 aromatic rings. The van der Waals surface area contributed by atoms with E-state index >= 15 is 0 Å². The van der Waals surface area contributed by atoms with Crippen molar-refractivity contribution in [3.63, 3.8) is 0 Å². The first-order valence-corrected chi connectivity index (χ1v) is 6.50. The summed E-state index contributed by atoms with van der Waals surface area (Å²) in [6.45, 7) is 1.76. The van der Waals surface area contributed by atoms with Crippen LogP contribution in [0.3, 0.4) is 0 Å². The van der Waals surface area contributed by atoms with E-state index in [1.54, 1.807) is 19.1 Å². The quantitative estimate of drug-likeness (QED) is 0.644. The highest BCUT2D eigenvalue weighted by atomic mass is 79.9. The molecule has 1 amide bonds. The van der Waals surface area contributed by atoms with Gasteiger partial charge in [-0.2, -0.15) is 0 Å². The number of hydrogen-bond acceptors (Lipinski definition) is 2. The molecule has 3 N–H and O–H groups in total. The maximum absolute atomic E-state index is 13.6. The van der Waals surface area contributed by atoms with E-state index in [4.69, 9.17) is 5.73 Å². The van der Waals surface area contributed by atoms with Gasteiger partial charge >= 0.3 is 0 Å². The second kappa shape index (κ2) is 5.58. The van der Waals surface area contributed by atoms with E-state index in [2.05, 4.69) is 21.2 Å². The van der Waals surface area contributed by atoms with Crippen molar-refractivity contribution < 1.29 is 13.6 Å². The number of rotatable bonds is 2. The molecule has 0 radical (unpaired) electrons. The standard InChI is InChI=1S/C14H11BrF2N2O/c1-7-4-8(2-3-12(7)18)14(20)19-13-6-10(16)9(15)5-11(13)17/h2-6H,18H2,1H3,(H,19,20). The molecule has 0 heterocycles. The van der Waals surface area contributed by atoms with Crippen LogP contribution in [0.1, 0.15) is 15.9 Å². The predicted molar refractivity (Wildman–Crippen MR) is 77.6 cm³/mol. The van der Waals surface area contributed by atoms with Crippen molar-refractivity contribution in [1.82, 2.24) is 0 Å². The van der Waals surface area contributed by atoms with Crippen LogP contribution >= 0.6 is 15.9 Å². The molecule has 2 rings (SSSR count). The normalized spacial score (nSPS) is 10.4. The summed E-state index contributed by atoms with van der Waals surface area (Å²) in [5, 5.41) is 2.33. The molecule has 0 unspecified atom stereocenters. The number of nitrogens with two attached hydrogens (primary N) is 1. The lowest BCUT2D eigenvalue weighted by molar-refractivity contribution is 0.102. The number of anilines is 2. The molecule has 0 aliphatic rings. The highest BCUT2D eigenvalue weighted by Crippen LogP contribution is 2.24. The van der Waals surface area contributed by atoms with E-state index in [9.17, 15) is 13.6 Å². The fourth-order valence-electron chi connectivity index (χ4n) is 1.63. The predicted octanol–water partition coefficient (Wildman–Crippen LogP) is 3.87. The van der Waals surface area contributed by atoms with Crippen molar-refractivity contribution in [3.8, 4) is 0 Å². The number of amides is 1. The molecule has 0 aromatic heterocycles. The molecule has 0 fully saturated rings. The Kier molecular flexibility index (Phi) is 4.04. The molecule has 0 aliphatic heterocycles. The Morgan fingerprint density at radius 3 is 2.55 bits per heavy atom. The maximum atomic E-state index is 13.6. The van der Waals surface area contributed by atoms with Gasteiger partial charge in [-0.1, -0.05) is 0 Å². The zero-order chi connectivity index (χ0) is 14.9. The lowest BCUT2D eigenvalue weighted by Crippen LogP contribution is -2.13. The summed E-state index contributed by atoms with van der Waals surface area (Å²) in [6.07, 6.45) is 0. The summed E-state index contributed by atoms with van der Waals surface area (Å²) in [4.78, 5) is 12.0. The zero-order valence-corrected chi connectivity index (χ0v) is 12.1. The van der Waals surface area contributed by atoms with Crippen LogP contribution in [0.25, 0.3) is 0 Å². The fourth-order valence-corrected chi connectivity index (χ4v) is 1.95. The Morgan fingerprint density at radius 1 is 1.20 bits per heavy atom. The van der Waals surface area contributed by atoms with Gasteiger partial charge in [0.05, 0.1) is 10.2 Å². The first kappa shape index (κ1) is 14.5. The fraction of sp³-hybridized carbons (Fsp3) is 0.0714. The highest BCUT2D eigenvalue weighted by molar-refractivity contribution is 9.10. The van der Waals surface area contributed by atoms with Gasteiger partial charge in [0.1, 0.15) is 11.6 Å². The minimum atomic E-state index is -0.723. The van der Waals surface area contributed by atoms with Gasteiger partial charge in [0.15, 0.2) is 0 Å². The SMILES string of the molecule is Cc1cc(C(=O)Nc2cc(F)c(Br)cc2F)ccc1N. The van der Waals surface area contributed by atoms with Gasteiger partial charge in [0, 0.05) is 17.3 Å². The topological polar surface area (TPSA) is 55.1 Å². The third kappa shape index (κ3) is 2.96. The van der Waals surface area contributed by atoms with Gasteiger partial charge in [0.2, 0.25) is 0 Å². The molecule has 0 spiro atoms. The average Bonchev–Trinajstić information content (AvgIpc) is 2.39. The molecule has 6 heteroatoms. The Bertz CT molecular complexity index is 689. The van der Waals surface area contributed by atoms with Crippen LogP contribution in [0, 0.1) is 18.6 Å². The molecule has 2 aromatic carbocycles. The summed E-state index contributed by atoms with van der Waals surface area (Å²) in [5.41, 5.74) is 7.05. The van der Waals surface area contributed by atoms with Crippen LogP contribution in [-0.2, 0) is 0 Å². The van der Waals surface area contributed by atoms with Crippen LogP contribution in [-0.4, -0.2) is 5.91 Å². The number of carbonyl (C=O) groups is 1. The monoisotopic (exact) mass is 340 g/mol. The second-order valence-corrected chi connectivity index (χ2v) is 5.13. The lowest BCUT2D eigenvalue weighted by atomic mass is 10.1. The van der Waals surface area contributed by atoms with E-state index in [-0.39, 0.29) is 10.2 Å². The molecule has 0 saturated heterocycles. The van der Waals surface area contributed by atoms with Crippen molar-refractivity contribution in [1.29, 1.82) is 0 Å². The lowest BCUT2D eigenvalue weighted by Gasteiger charge is -2.09. The highest BCUT2D eigenvalue weighted by Gasteiger charge is 2.13. The van der Waals surface area contributed by atoms with Crippen LogP contribution < -0.4 is 11.1 Å².